The Kier molecular flexibility index (Phi) is 4.12. The quantitative estimate of drug-likeness (QED) is 0.135. The third-order valence-corrected chi connectivity index (χ3v) is 6.09. The monoisotopic (exact) mass is 683 g/mol. The summed E-state index contributed by atoms with van der Waals surface area (Å²) in [5.74, 6) is 0. The Labute approximate surface area is 253 Å². The molecule has 0 spiro atoms. The molecule has 3 aromatic heterocycles. The van der Waals surface area contributed by atoms with Gasteiger partial charge >= 0.3 is 0 Å². The van der Waals surface area contributed by atoms with E-state index >= 15 is 0 Å². The van der Waals surface area contributed by atoms with Gasteiger partial charge in [0.15, 0.2) is 0 Å². The molecule has 0 unspecified atom stereocenters. The van der Waals surface area contributed by atoms with Crippen LogP contribution in [0.3, 0.4) is 0 Å². The summed E-state index contributed by atoms with van der Waals surface area (Å²) in [5.41, 5.74) is 3.13. The molecule has 0 N–H and O–H groups in total. The van der Waals surface area contributed by atoms with Crippen LogP contribution in [0.15, 0.2) is 89.6 Å². The Morgan fingerprint density at radius 3 is 2.32 bits per heavy atom. The SMILES string of the molecule is [2H]C([2H])([2H])c1c[c-]c(-c2ccc(C([2H])([2H])[2H])cn2)cc1.[2H]C([2H])([2H])c1cnc(-c2[c-]cc3ccc4cccc5oc2c3c45)cc1C([2H])([2H])[2H].[Ir]. The molecule has 1 radical (unpaired) electrons. The molecule has 0 aliphatic carbocycles. The van der Waals surface area contributed by atoms with Crippen LogP contribution in [-0.4, -0.2) is 9.97 Å². The first kappa shape index (κ1) is 14.9. The maximum absolute atomic E-state index is 7.79. The Bertz CT molecular complexity index is 2210. The number of aromatic nitrogens is 2. The predicted octanol–water partition coefficient (Wildman–Crippen LogP) is 8.82. The fourth-order valence-corrected chi connectivity index (χ4v) is 4.28. The first-order valence-corrected chi connectivity index (χ1v) is 11.4. The van der Waals surface area contributed by atoms with Crippen molar-refractivity contribution < 1.29 is 41.0 Å². The summed E-state index contributed by atoms with van der Waals surface area (Å²) in [6, 6.07) is 26.5. The van der Waals surface area contributed by atoms with Crippen LogP contribution in [0.5, 0.6) is 0 Å². The standard InChI is InChI=1S/C21H14NO.C13H12N.Ir/c1-12-10-17(22-11-13(12)2)16-9-8-15-7-6-14-4-3-5-18-19(14)20(15)21(16)23-18;1-10-3-6-12(7-4-10)13-8-5-11(2)9-14-13;/h3-8,10-11H,1-2H3;3-6,8-9H,1-2H3;/q2*-1;/i2*1D3,2D3;. The first-order chi connectivity index (χ1) is 22.8. The topological polar surface area (TPSA) is 38.9 Å². The summed E-state index contributed by atoms with van der Waals surface area (Å²) < 4.78 is 96.0. The van der Waals surface area contributed by atoms with Crippen molar-refractivity contribution in [3.63, 3.8) is 0 Å². The van der Waals surface area contributed by atoms with Crippen LogP contribution in [0.4, 0.5) is 0 Å². The van der Waals surface area contributed by atoms with Gasteiger partial charge in [-0.05, 0) is 59.9 Å². The average Bonchev–Trinajstić information content (AvgIpc) is 3.43. The number of benzene rings is 4. The first-order valence-electron chi connectivity index (χ1n) is 17.4. The van der Waals surface area contributed by atoms with Gasteiger partial charge in [-0.1, -0.05) is 65.8 Å². The van der Waals surface area contributed by atoms with Crippen LogP contribution in [0, 0.1) is 39.5 Å². The van der Waals surface area contributed by atoms with Crippen molar-refractivity contribution >= 4 is 32.7 Å². The molecule has 3 heterocycles. The molecule has 0 bridgehead atoms. The van der Waals surface area contributed by atoms with Gasteiger partial charge in [0.05, 0.1) is 5.58 Å². The minimum atomic E-state index is -2.59. The second kappa shape index (κ2) is 10.5. The second-order valence-corrected chi connectivity index (χ2v) is 8.52. The summed E-state index contributed by atoms with van der Waals surface area (Å²) in [4.78, 5) is 8.34. The zero-order chi connectivity index (χ0) is 35.5. The summed E-state index contributed by atoms with van der Waals surface area (Å²) >= 11 is 0. The van der Waals surface area contributed by atoms with E-state index < -0.39 is 27.4 Å². The second-order valence-electron chi connectivity index (χ2n) is 8.52. The molecule has 0 saturated heterocycles. The van der Waals surface area contributed by atoms with E-state index in [9.17, 15) is 0 Å². The van der Waals surface area contributed by atoms with Crippen molar-refractivity contribution in [2.24, 2.45) is 0 Å². The largest absolute Gasteiger partial charge is 0.501 e. The van der Waals surface area contributed by atoms with Crippen molar-refractivity contribution in [2.75, 3.05) is 0 Å². The van der Waals surface area contributed by atoms with Crippen LogP contribution in [0.1, 0.15) is 38.7 Å². The Hall–Kier alpha value is -3.85. The van der Waals surface area contributed by atoms with Crippen molar-refractivity contribution in [2.45, 2.75) is 27.4 Å². The number of furan rings is 1. The van der Waals surface area contributed by atoms with Crippen LogP contribution >= 0.6 is 0 Å². The zero-order valence-electron chi connectivity index (χ0n) is 31.7. The molecule has 7 rings (SSSR count). The van der Waals surface area contributed by atoms with E-state index in [1.807, 2.05) is 36.4 Å². The average molecular weight is 683 g/mol. The van der Waals surface area contributed by atoms with Crippen LogP contribution in [0.25, 0.3) is 55.2 Å². The Morgan fingerprint density at radius 1 is 0.711 bits per heavy atom. The van der Waals surface area contributed by atoms with E-state index in [0.717, 1.165) is 33.3 Å². The van der Waals surface area contributed by atoms with Crippen LogP contribution in [-0.2, 0) is 20.1 Å². The van der Waals surface area contributed by atoms with Gasteiger partial charge in [-0.25, -0.2) is 0 Å². The van der Waals surface area contributed by atoms with E-state index in [1.165, 1.54) is 30.5 Å². The number of hydrogen-bond donors (Lipinski definition) is 0. The van der Waals surface area contributed by atoms with Crippen LogP contribution < -0.4 is 0 Å². The number of rotatable bonds is 2. The summed E-state index contributed by atoms with van der Waals surface area (Å²) in [7, 11) is 0. The fraction of sp³-hybridized carbons (Fsp3) is 0.118. The molecule has 189 valence electrons. The van der Waals surface area contributed by atoms with Gasteiger partial charge in [-0.2, -0.15) is 0 Å². The molecule has 4 heteroatoms. The van der Waals surface area contributed by atoms with Crippen molar-refractivity contribution in [3.05, 3.63) is 120 Å². The maximum Gasteiger partial charge on any atom is 0.121 e. The van der Waals surface area contributed by atoms with E-state index in [-0.39, 0.29) is 42.4 Å². The van der Waals surface area contributed by atoms with Crippen molar-refractivity contribution in [1.82, 2.24) is 9.97 Å². The van der Waals surface area contributed by atoms with E-state index in [2.05, 4.69) is 22.1 Å². The molecule has 0 amide bonds. The number of hydrogen-bond acceptors (Lipinski definition) is 3. The molecule has 7 aromatic rings. The van der Waals surface area contributed by atoms with Gasteiger partial charge in [0, 0.05) is 54.3 Å². The molecular weight excluding hydrogens is 645 g/mol. The van der Waals surface area contributed by atoms with E-state index in [1.54, 1.807) is 12.1 Å². The van der Waals surface area contributed by atoms with Crippen molar-refractivity contribution in [1.29, 1.82) is 0 Å². The minimum Gasteiger partial charge on any atom is -0.501 e. The van der Waals surface area contributed by atoms with Gasteiger partial charge < -0.3 is 14.4 Å². The molecule has 0 saturated carbocycles. The third-order valence-electron chi connectivity index (χ3n) is 6.09. The van der Waals surface area contributed by atoms with E-state index in [0.29, 0.717) is 28.1 Å². The molecule has 0 aliphatic rings. The van der Waals surface area contributed by atoms with E-state index in [4.69, 9.17) is 20.9 Å². The molecular formula is C34H26IrN2O-2. The van der Waals surface area contributed by atoms with Gasteiger partial charge in [0.2, 0.25) is 0 Å². The van der Waals surface area contributed by atoms with Crippen molar-refractivity contribution in [3.8, 4) is 22.5 Å². The molecule has 38 heavy (non-hydrogen) atoms. The Balaban J connectivity index is 0.000000204. The Morgan fingerprint density at radius 2 is 1.55 bits per heavy atom. The molecule has 0 aliphatic heterocycles. The number of aryl methyl sites for hydroxylation is 4. The third kappa shape index (κ3) is 4.74. The van der Waals surface area contributed by atoms with Gasteiger partial charge in [-0.15, -0.1) is 47.5 Å². The van der Waals surface area contributed by atoms with Gasteiger partial charge in [0.1, 0.15) is 5.58 Å². The van der Waals surface area contributed by atoms with Gasteiger partial charge in [0.25, 0.3) is 0 Å². The smallest absolute Gasteiger partial charge is 0.121 e. The summed E-state index contributed by atoms with van der Waals surface area (Å²) in [5, 5.41) is 3.91. The number of nitrogens with zero attached hydrogens (tertiary/aromatic N) is 2. The van der Waals surface area contributed by atoms with Gasteiger partial charge in [-0.3, -0.25) is 0 Å². The summed E-state index contributed by atoms with van der Waals surface area (Å²) in [6.45, 7) is -9.50. The normalized spacial score (nSPS) is 16.9. The fourth-order valence-electron chi connectivity index (χ4n) is 4.28. The predicted molar refractivity (Wildman–Crippen MR) is 152 cm³/mol. The minimum absolute atomic E-state index is 0. The zero-order valence-corrected chi connectivity index (χ0v) is 22.1. The molecule has 3 nitrogen and oxygen atoms in total. The summed E-state index contributed by atoms with van der Waals surface area (Å²) in [6.07, 6.45) is 2.42. The molecule has 0 fully saturated rings. The van der Waals surface area contributed by atoms with Crippen LogP contribution in [0.2, 0.25) is 0 Å². The molecule has 0 atom stereocenters. The number of pyridine rings is 2. The maximum atomic E-state index is 7.79. The molecule has 4 aromatic carbocycles.